The topological polar surface area (TPSA) is 57.5 Å². The number of nitrogens with zero attached hydrogens (tertiary/aromatic N) is 1. The third-order valence-corrected chi connectivity index (χ3v) is 7.25. The SMILES string of the molecule is CC(C)[N+]1(C)C2CCC1CC(C(CO)(C(=O)O)c1ccccc1)C2. The van der Waals surface area contributed by atoms with E-state index in [4.69, 9.17) is 0 Å². The Morgan fingerprint density at radius 3 is 2.17 bits per heavy atom. The quantitative estimate of drug-likeness (QED) is 0.815. The van der Waals surface area contributed by atoms with Gasteiger partial charge in [-0.05, 0) is 25.3 Å². The molecule has 2 heterocycles. The van der Waals surface area contributed by atoms with Gasteiger partial charge in [-0.2, -0.15) is 0 Å². The van der Waals surface area contributed by atoms with Crippen molar-refractivity contribution in [3.63, 3.8) is 0 Å². The van der Waals surface area contributed by atoms with Crippen molar-refractivity contribution in [3.05, 3.63) is 35.9 Å². The Balaban J connectivity index is 1.99. The molecule has 0 saturated carbocycles. The first-order valence-corrected chi connectivity index (χ1v) is 9.12. The summed E-state index contributed by atoms with van der Waals surface area (Å²) in [5.41, 5.74) is -0.435. The van der Waals surface area contributed by atoms with E-state index in [1.54, 1.807) is 0 Å². The van der Waals surface area contributed by atoms with Crippen LogP contribution in [0.15, 0.2) is 30.3 Å². The lowest BCUT2D eigenvalue weighted by Crippen LogP contribution is -2.64. The van der Waals surface area contributed by atoms with Gasteiger partial charge in [0.15, 0.2) is 0 Å². The number of hydrogen-bond donors (Lipinski definition) is 2. The molecule has 2 bridgehead atoms. The molecule has 3 rings (SSSR count). The summed E-state index contributed by atoms with van der Waals surface area (Å²) in [5.74, 6) is -0.897. The molecule has 2 aliphatic heterocycles. The van der Waals surface area contributed by atoms with Gasteiger partial charge in [0.05, 0.1) is 31.8 Å². The molecule has 2 aliphatic rings. The number of carbonyl (C=O) groups is 1. The minimum atomic E-state index is -1.18. The summed E-state index contributed by atoms with van der Waals surface area (Å²) in [6.07, 6.45) is 4.11. The van der Waals surface area contributed by atoms with Crippen molar-refractivity contribution in [2.45, 2.75) is 63.1 Å². The number of fused-ring (bicyclic) bond motifs is 2. The molecule has 1 aromatic carbocycles. The lowest BCUT2D eigenvalue weighted by molar-refractivity contribution is -0.968. The van der Waals surface area contributed by atoms with E-state index in [1.165, 1.54) is 12.8 Å². The third kappa shape index (κ3) is 2.31. The van der Waals surface area contributed by atoms with Crippen LogP contribution in [-0.4, -0.2) is 52.4 Å². The van der Waals surface area contributed by atoms with Crippen molar-refractivity contribution >= 4 is 5.97 Å². The van der Waals surface area contributed by atoms with Crippen molar-refractivity contribution < 1.29 is 19.5 Å². The van der Waals surface area contributed by atoms with Crippen molar-refractivity contribution in [2.24, 2.45) is 5.92 Å². The maximum absolute atomic E-state index is 12.3. The summed E-state index contributed by atoms with van der Waals surface area (Å²) in [7, 11) is 2.34. The minimum Gasteiger partial charge on any atom is -0.481 e. The van der Waals surface area contributed by atoms with Crippen molar-refractivity contribution in [1.82, 2.24) is 0 Å². The second kappa shape index (κ2) is 6.16. The molecule has 4 nitrogen and oxygen atoms in total. The fraction of sp³-hybridized carbons (Fsp3) is 0.650. The number of aliphatic hydroxyl groups is 1. The largest absolute Gasteiger partial charge is 0.481 e. The van der Waals surface area contributed by atoms with Crippen LogP contribution in [0.25, 0.3) is 0 Å². The molecule has 0 aliphatic carbocycles. The van der Waals surface area contributed by atoms with Crippen LogP contribution in [0.4, 0.5) is 0 Å². The minimum absolute atomic E-state index is 0.00940. The van der Waals surface area contributed by atoms with Gasteiger partial charge in [0, 0.05) is 25.7 Å². The standard InChI is InChI=1S/C20H29NO3/c1-14(2)21(3)17-9-10-18(21)12-16(11-17)20(13-22,19(23)24)15-7-5-4-6-8-15/h4-8,14,16-18,22H,9-13H2,1-3H3/p+1. The molecular formula is C20H30NO3+. The Kier molecular flexibility index (Phi) is 4.47. The van der Waals surface area contributed by atoms with Crippen LogP contribution >= 0.6 is 0 Å². The molecular weight excluding hydrogens is 302 g/mol. The van der Waals surface area contributed by atoms with E-state index in [0.717, 1.165) is 22.9 Å². The number of aliphatic carboxylic acids is 1. The molecule has 132 valence electrons. The summed E-state index contributed by atoms with van der Waals surface area (Å²) in [5, 5.41) is 20.3. The van der Waals surface area contributed by atoms with Gasteiger partial charge in [-0.25, -0.2) is 0 Å². The highest BCUT2D eigenvalue weighted by atomic mass is 16.4. The predicted octanol–water partition coefficient (Wildman–Crippen LogP) is 2.80. The van der Waals surface area contributed by atoms with E-state index in [0.29, 0.717) is 18.1 Å². The van der Waals surface area contributed by atoms with Gasteiger partial charge in [-0.1, -0.05) is 30.3 Å². The zero-order valence-corrected chi connectivity index (χ0v) is 15.0. The van der Waals surface area contributed by atoms with Crippen LogP contribution in [0.2, 0.25) is 0 Å². The summed E-state index contributed by atoms with van der Waals surface area (Å²) in [6, 6.07) is 10.9. The normalized spacial score (nSPS) is 35.0. The maximum atomic E-state index is 12.3. The molecule has 0 radical (unpaired) electrons. The fourth-order valence-electron chi connectivity index (χ4n) is 5.49. The average Bonchev–Trinajstić information content (AvgIpc) is 2.75. The first kappa shape index (κ1) is 17.4. The van der Waals surface area contributed by atoms with E-state index in [9.17, 15) is 15.0 Å². The number of carboxylic acids is 1. The lowest BCUT2D eigenvalue weighted by atomic mass is 9.65. The van der Waals surface area contributed by atoms with Gasteiger partial charge in [0.2, 0.25) is 0 Å². The van der Waals surface area contributed by atoms with Gasteiger partial charge in [-0.3, -0.25) is 4.79 Å². The van der Waals surface area contributed by atoms with E-state index in [-0.39, 0.29) is 12.5 Å². The summed E-state index contributed by atoms with van der Waals surface area (Å²) >= 11 is 0. The van der Waals surface area contributed by atoms with E-state index < -0.39 is 11.4 Å². The average molecular weight is 332 g/mol. The Bertz CT molecular complexity index is 586. The molecule has 24 heavy (non-hydrogen) atoms. The highest BCUT2D eigenvalue weighted by molar-refractivity contribution is 5.82. The van der Waals surface area contributed by atoms with Crippen molar-refractivity contribution in [1.29, 1.82) is 0 Å². The van der Waals surface area contributed by atoms with Gasteiger partial charge in [-0.15, -0.1) is 0 Å². The van der Waals surface area contributed by atoms with Crippen molar-refractivity contribution in [2.75, 3.05) is 13.7 Å². The van der Waals surface area contributed by atoms with Crippen LogP contribution in [-0.2, 0) is 10.2 Å². The van der Waals surface area contributed by atoms with Crippen LogP contribution < -0.4 is 0 Å². The fourth-order valence-corrected chi connectivity index (χ4v) is 5.49. The second-order valence-electron chi connectivity index (χ2n) is 8.17. The van der Waals surface area contributed by atoms with Gasteiger partial charge in [0.25, 0.3) is 0 Å². The Morgan fingerprint density at radius 2 is 1.75 bits per heavy atom. The number of benzene rings is 1. The first-order chi connectivity index (χ1) is 11.4. The maximum Gasteiger partial charge on any atom is 0.316 e. The zero-order chi connectivity index (χ0) is 17.5. The third-order valence-electron chi connectivity index (χ3n) is 7.25. The molecule has 3 unspecified atom stereocenters. The summed E-state index contributed by atoms with van der Waals surface area (Å²) in [6.45, 7) is 4.22. The molecule has 1 aromatic rings. The van der Waals surface area contributed by atoms with Gasteiger partial charge < -0.3 is 14.7 Å². The van der Waals surface area contributed by atoms with Crippen LogP contribution in [0.1, 0.15) is 45.1 Å². The smallest absolute Gasteiger partial charge is 0.316 e. The molecule has 0 aromatic heterocycles. The Morgan fingerprint density at radius 1 is 1.21 bits per heavy atom. The van der Waals surface area contributed by atoms with E-state index >= 15 is 0 Å². The number of carboxylic acid groups (broad SMARTS) is 1. The zero-order valence-electron chi connectivity index (χ0n) is 15.0. The number of aliphatic hydroxyl groups excluding tert-OH is 1. The first-order valence-electron chi connectivity index (χ1n) is 9.12. The van der Waals surface area contributed by atoms with Crippen LogP contribution in [0.3, 0.4) is 0 Å². The van der Waals surface area contributed by atoms with Crippen molar-refractivity contribution in [3.8, 4) is 0 Å². The second-order valence-corrected chi connectivity index (χ2v) is 8.17. The van der Waals surface area contributed by atoms with Gasteiger partial charge >= 0.3 is 5.97 Å². The number of hydrogen-bond acceptors (Lipinski definition) is 2. The molecule has 0 spiro atoms. The monoisotopic (exact) mass is 332 g/mol. The summed E-state index contributed by atoms with van der Waals surface area (Å²) in [4.78, 5) is 12.3. The predicted molar refractivity (Wildman–Crippen MR) is 93.7 cm³/mol. The molecule has 2 N–H and O–H groups in total. The number of piperidine rings is 1. The van der Waals surface area contributed by atoms with Crippen LogP contribution in [0, 0.1) is 5.92 Å². The molecule has 3 atom stereocenters. The Hall–Kier alpha value is -1.39. The Labute approximate surface area is 144 Å². The highest BCUT2D eigenvalue weighted by Crippen LogP contribution is 2.51. The molecule has 2 fully saturated rings. The molecule has 2 saturated heterocycles. The highest BCUT2D eigenvalue weighted by Gasteiger charge is 2.59. The number of quaternary nitrogens is 1. The molecule has 4 heteroatoms. The van der Waals surface area contributed by atoms with Crippen LogP contribution in [0.5, 0.6) is 0 Å². The lowest BCUT2D eigenvalue weighted by Gasteiger charge is -2.52. The van der Waals surface area contributed by atoms with E-state index in [1.807, 2.05) is 30.3 Å². The molecule has 0 amide bonds. The number of rotatable bonds is 5. The summed E-state index contributed by atoms with van der Waals surface area (Å²) < 4.78 is 1.06. The van der Waals surface area contributed by atoms with E-state index in [2.05, 4.69) is 20.9 Å². The van der Waals surface area contributed by atoms with Gasteiger partial charge in [0.1, 0.15) is 5.41 Å².